The molecule has 1 aromatic rings. The van der Waals surface area contributed by atoms with Crippen molar-refractivity contribution in [3.63, 3.8) is 0 Å². The number of rotatable bonds is 4. The minimum atomic E-state index is 0.334. The van der Waals surface area contributed by atoms with E-state index in [4.69, 9.17) is 11.6 Å². The first-order chi connectivity index (χ1) is 7.41. The number of hydrogen-bond donors (Lipinski definition) is 0. The Hall–Kier alpha value is -0.0100. The molecule has 0 fully saturated rings. The van der Waals surface area contributed by atoms with Gasteiger partial charge in [0.05, 0.1) is 0 Å². The van der Waals surface area contributed by atoms with Crippen LogP contribution in [-0.4, -0.2) is 4.83 Å². The molecule has 16 heavy (non-hydrogen) atoms. The highest BCUT2D eigenvalue weighted by atomic mass is 79.9. The summed E-state index contributed by atoms with van der Waals surface area (Å²) in [6.07, 6.45) is 3.43. The van der Waals surface area contributed by atoms with E-state index in [1.165, 1.54) is 18.4 Å². The molecule has 0 aliphatic heterocycles. The lowest BCUT2D eigenvalue weighted by Gasteiger charge is -2.25. The number of halogens is 2. The molecule has 0 amide bonds. The van der Waals surface area contributed by atoms with Crippen LogP contribution in [0.15, 0.2) is 24.3 Å². The number of hydrogen-bond acceptors (Lipinski definition) is 0. The van der Waals surface area contributed by atoms with E-state index < -0.39 is 0 Å². The van der Waals surface area contributed by atoms with Gasteiger partial charge >= 0.3 is 0 Å². The highest BCUT2D eigenvalue weighted by molar-refractivity contribution is 9.09. The largest absolute Gasteiger partial charge is 0.0885 e. The summed E-state index contributed by atoms with van der Waals surface area (Å²) in [5, 5.41) is 0.893. The van der Waals surface area contributed by atoms with Crippen LogP contribution in [0.25, 0.3) is 0 Å². The molecule has 0 nitrogen and oxygen atoms in total. The first-order valence-electron chi connectivity index (χ1n) is 5.79. The lowest BCUT2D eigenvalue weighted by atomic mass is 9.89. The van der Waals surface area contributed by atoms with Crippen LogP contribution in [0.3, 0.4) is 0 Å². The van der Waals surface area contributed by atoms with Crippen LogP contribution >= 0.6 is 27.5 Å². The summed E-state index contributed by atoms with van der Waals surface area (Å²) in [6, 6.07) is 8.11. The van der Waals surface area contributed by atoms with Crippen LogP contribution in [0.4, 0.5) is 0 Å². The second-order valence-electron chi connectivity index (χ2n) is 5.32. The Morgan fingerprint density at radius 1 is 1.25 bits per heavy atom. The van der Waals surface area contributed by atoms with E-state index in [9.17, 15) is 0 Å². The molecule has 1 rings (SSSR count). The van der Waals surface area contributed by atoms with Crippen molar-refractivity contribution in [3.05, 3.63) is 34.9 Å². The summed E-state index contributed by atoms with van der Waals surface area (Å²) in [4.78, 5) is 0.572. The van der Waals surface area contributed by atoms with Crippen molar-refractivity contribution >= 4 is 27.5 Å². The third kappa shape index (κ3) is 4.47. The van der Waals surface area contributed by atoms with Gasteiger partial charge in [-0.3, -0.25) is 0 Å². The molecule has 0 heterocycles. The minimum Gasteiger partial charge on any atom is -0.0885 e. The van der Waals surface area contributed by atoms with E-state index >= 15 is 0 Å². The fourth-order valence-corrected chi connectivity index (χ4v) is 2.16. The van der Waals surface area contributed by atoms with Gasteiger partial charge in [-0.2, -0.15) is 0 Å². The highest BCUT2D eigenvalue weighted by Gasteiger charge is 2.20. The van der Waals surface area contributed by atoms with Gasteiger partial charge in [-0.05, 0) is 36.3 Å². The van der Waals surface area contributed by atoms with Gasteiger partial charge in [0.1, 0.15) is 0 Å². The number of benzene rings is 1. The van der Waals surface area contributed by atoms with Gasteiger partial charge < -0.3 is 0 Å². The number of aryl methyl sites for hydroxylation is 1. The summed E-state index contributed by atoms with van der Waals surface area (Å²) < 4.78 is 0. The first kappa shape index (κ1) is 14.1. The molecule has 90 valence electrons. The van der Waals surface area contributed by atoms with E-state index in [-0.39, 0.29) is 0 Å². The fourth-order valence-electron chi connectivity index (χ4n) is 1.61. The maximum atomic E-state index is 6.12. The normalized spacial score (nSPS) is 13.8. The van der Waals surface area contributed by atoms with Crippen LogP contribution < -0.4 is 0 Å². The molecular formula is C14H20BrCl. The Labute approximate surface area is 113 Å². The monoisotopic (exact) mass is 302 g/mol. The van der Waals surface area contributed by atoms with E-state index in [0.717, 1.165) is 11.4 Å². The molecule has 1 unspecified atom stereocenters. The Morgan fingerprint density at radius 2 is 1.88 bits per heavy atom. The average Bonchev–Trinajstić information content (AvgIpc) is 2.19. The van der Waals surface area contributed by atoms with E-state index in [1.807, 2.05) is 12.1 Å². The van der Waals surface area contributed by atoms with Crippen LogP contribution in [-0.2, 0) is 6.42 Å². The van der Waals surface area contributed by atoms with Crippen LogP contribution in [0, 0.1) is 5.41 Å². The second-order valence-corrected chi connectivity index (χ2v) is 6.83. The Balaban J connectivity index is 2.40. The third-order valence-electron chi connectivity index (χ3n) is 2.80. The third-order valence-corrected chi connectivity index (χ3v) is 5.00. The van der Waals surface area contributed by atoms with Crippen molar-refractivity contribution in [3.8, 4) is 0 Å². The molecule has 2 heteroatoms. The molecular weight excluding hydrogens is 284 g/mol. The van der Waals surface area contributed by atoms with Gasteiger partial charge in [0.15, 0.2) is 0 Å². The summed E-state index contributed by atoms with van der Waals surface area (Å²) in [7, 11) is 0. The zero-order valence-electron chi connectivity index (χ0n) is 10.3. The second kappa shape index (κ2) is 6.07. The maximum Gasteiger partial charge on any atom is 0.0437 e. The smallest absolute Gasteiger partial charge is 0.0437 e. The zero-order valence-corrected chi connectivity index (χ0v) is 12.6. The molecule has 0 saturated heterocycles. The van der Waals surface area contributed by atoms with Crippen LogP contribution in [0.2, 0.25) is 5.02 Å². The molecule has 0 N–H and O–H groups in total. The Morgan fingerprint density at radius 3 is 2.44 bits per heavy atom. The van der Waals surface area contributed by atoms with Gasteiger partial charge in [-0.1, -0.05) is 66.5 Å². The van der Waals surface area contributed by atoms with Gasteiger partial charge in [0.2, 0.25) is 0 Å². The lowest BCUT2D eigenvalue weighted by molar-refractivity contribution is 0.380. The van der Waals surface area contributed by atoms with Gasteiger partial charge in [-0.25, -0.2) is 0 Å². The molecule has 0 aliphatic rings. The van der Waals surface area contributed by atoms with Crippen molar-refractivity contribution in [2.45, 2.75) is 44.9 Å². The molecule has 1 aromatic carbocycles. The molecule has 0 bridgehead atoms. The Kier molecular flexibility index (Phi) is 5.33. The summed E-state index contributed by atoms with van der Waals surface area (Å²) in [5.41, 5.74) is 1.60. The predicted octanol–water partition coefficient (Wildman–Crippen LogP) is 5.47. The first-order valence-corrected chi connectivity index (χ1v) is 7.08. The van der Waals surface area contributed by atoms with Crippen LogP contribution in [0.1, 0.15) is 39.2 Å². The zero-order chi connectivity index (χ0) is 12.2. The molecule has 0 aliphatic carbocycles. The highest BCUT2D eigenvalue weighted by Crippen LogP contribution is 2.30. The quantitative estimate of drug-likeness (QED) is 0.647. The van der Waals surface area contributed by atoms with E-state index in [2.05, 4.69) is 48.8 Å². The molecule has 1 atom stereocenters. The Bertz CT molecular complexity index is 328. The summed E-state index contributed by atoms with van der Waals surface area (Å²) in [5.74, 6) is 0. The average molecular weight is 304 g/mol. The summed E-state index contributed by atoms with van der Waals surface area (Å²) >= 11 is 9.88. The van der Waals surface area contributed by atoms with Gasteiger partial charge in [-0.15, -0.1) is 0 Å². The van der Waals surface area contributed by atoms with Crippen molar-refractivity contribution in [2.75, 3.05) is 0 Å². The fraction of sp³-hybridized carbons (Fsp3) is 0.571. The van der Waals surface area contributed by atoms with Crippen LogP contribution in [0.5, 0.6) is 0 Å². The standard InChI is InChI=1S/C14H20BrCl/c1-14(2,3)13(15)10-6-8-11-7-4-5-9-12(11)16/h4-5,7,9,13H,6,8,10H2,1-3H3. The molecule has 0 radical (unpaired) electrons. The summed E-state index contributed by atoms with van der Waals surface area (Å²) in [6.45, 7) is 6.80. The van der Waals surface area contributed by atoms with E-state index in [0.29, 0.717) is 10.2 Å². The van der Waals surface area contributed by atoms with Gasteiger partial charge in [0, 0.05) is 9.85 Å². The van der Waals surface area contributed by atoms with Gasteiger partial charge in [0.25, 0.3) is 0 Å². The lowest BCUT2D eigenvalue weighted by Crippen LogP contribution is -2.20. The van der Waals surface area contributed by atoms with Crippen molar-refractivity contribution in [2.24, 2.45) is 5.41 Å². The maximum absolute atomic E-state index is 6.12. The van der Waals surface area contributed by atoms with Crippen molar-refractivity contribution < 1.29 is 0 Å². The van der Waals surface area contributed by atoms with E-state index in [1.54, 1.807) is 0 Å². The molecule has 0 spiro atoms. The van der Waals surface area contributed by atoms with Crippen molar-refractivity contribution in [1.29, 1.82) is 0 Å². The van der Waals surface area contributed by atoms with Crippen molar-refractivity contribution in [1.82, 2.24) is 0 Å². The topological polar surface area (TPSA) is 0 Å². The molecule has 0 saturated carbocycles. The molecule has 0 aromatic heterocycles. The predicted molar refractivity (Wildman–Crippen MR) is 76.6 cm³/mol. The SMILES string of the molecule is CC(C)(C)C(Br)CCCc1ccccc1Cl. The minimum absolute atomic E-state index is 0.334. The number of alkyl halides is 1.